The lowest BCUT2D eigenvalue weighted by Gasteiger charge is -2.35. The van der Waals surface area contributed by atoms with E-state index in [-0.39, 0.29) is 36.0 Å². The SMILES string of the molecule is CCNC(=NCC1CCCC1O)NC1CCN(C(=O)C(CC)CC)CC1.I. The van der Waals surface area contributed by atoms with Gasteiger partial charge >= 0.3 is 0 Å². The Morgan fingerprint density at radius 3 is 2.33 bits per heavy atom. The fraction of sp³-hybridized carbons (Fsp3) is 0.900. The normalized spacial score (nSPS) is 24.0. The molecule has 0 spiro atoms. The van der Waals surface area contributed by atoms with Crippen LogP contribution in [0.15, 0.2) is 4.99 Å². The predicted octanol–water partition coefficient (Wildman–Crippen LogP) is 2.75. The number of aliphatic hydroxyl groups excluding tert-OH is 1. The van der Waals surface area contributed by atoms with Crippen LogP contribution in [-0.2, 0) is 4.79 Å². The standard InChI is InChI=1S/C20H38N4O2.HI/c1-4-15(5-2)19(26)24-12-10-17(11-13-24)23-20(21-6-3)22-14-16-8-7-9-18(16)25;/h15-18,25H,4-14H2,1-3H3,(H2,21,22,23);1H. The fourth-order valence-corrected chi connectivity index (χ4v) is 4.09. The lowest BCUT2D eigenvalue weighted by molar-refractivity contribution is -0.136. The van der Waals surface area contributed by atoms with Gasteiger partial charge in [-0.15, -0.1) is 24.0 Å². The minimum atomic E-state index is -0.194. The smallest absolute Gasteiger partial charge is 0.225 e. The van der Waals surface area contributed by atoms with E-state index in [2.05, 4.69) is 31.4 Å². The van der Waals surface area contributed by atoms with Crippen LogP contribution in [0.25, 0.3) is 0 Å². The minimum absolute atomic E-state index is 0. The van der Waals surface area contributed by atoms with Gasteiger partial charge in [0.25, 0.3) is 0 Å². The van der Waals surface area contributed by atoms with E-state index in [9.17, 15) is 9.90 Å². The quantitative estimate of drug-likeness (QED) is 0.289. The molecule has 1 aliphatic heterocycles. The summed E-state index contributed by atoms with van der Waals surface area (Å²) in [6, 6.07) is 0.354. The third kappa shape index (κ3) is 7.40. The highest BCUT2D eigenvalue weighted by Gasteiger charge is 2.27. The zero-order chi connectivity index (χ0) is 18.9. The number of piperidine rings is 1. The van der Waals surface area contributed by atoms with Crippen molar-refractivity contribution < 1.29 is 9.90 Å². The molecule has 0 aromatic heterocycles. The number of hydrogen-bond acceptors (Lipinski definition) is 3. The molecule has 0 radical (unpaired) electrons. The number of carbonyl (C=O) groups excluding carboxylic acids is 1. The Morgan fingerprint density at radius 2 is 1.81 bits per heavy atom. The number of rotatable bonds is 7. The molecule has 6 nitrogen and oxygen atoms in total. The van der Waals surface area contributed by atoms with Gasteiger partial charge in [-0.2, -0.15) is 0 Å². The van der Waals surface area contributed by atoms with E-state index in [0.29, 0.717) is 24.4 Å². The number of carbonyl (C=O) groups is 1. The van der Waals surface area contributed by atoms with Crippen LogP contribution < -0.4 is 10.6 Å². The van der Waals surface area contributed by atoms with E-state index in [1.807, 2.05) is 4.90 Å². The molecule has 2 atom stereocenters. The van der Waals surface area contributed by atoms with Gasteiger partial charge in [-0.25, -0.2) is 0 Å². The summed E-state index contributed by atoms with van der Waals surface area (Å²) >= 11 is 0. The Kier molecular flexibility index (Phi) is 11.6. The lowest BCUT2D eigenvalue weighted by atomic mass is 9.98. The first-order chi connectivity index (χ1) is 12.6. The molecule has 27 heavy (non-hydrogen) atoms. The van der Waals surface area contributed by atoms with Gasteiger partial charge in [-0.1, -0.05) is 20.3 Å². The summed E-state index contributed by atoms with van der Waals surface area (Å²) in [6.45, 7) is 9.43. The Labute approximate surface area is 182 Å². The molecular formula is C20H39IN4O2. The molecule has 1 saturated heterocycles. The van der Waals surface area contributed by atoms with Gasteiger partial charge in [0.1, 0.15) is 0 Å². The van der Waals surface area contributed by atoms with Gasteiger partial charge in [-0.05, 0) is 45.4 Å². The Bertz CT molecular complexity index is 463. The molecule has 1 saturated carbocycles. The molecule has 7 heteroatoms. The van der Waals surface area contributed by atoms with Crippen LogP contribution in [0.3, 0.4) is 0 Å². The zero-order valence-corrected chi connectivity index (χ0v) is 19.6. The first-order valence-electron chi connectivity index (χ1n) is 10.6. The first-order valence-corrected chi connectivity index (χ1v) is 10.6. The molecule has 1 heterocycles. The average molecular weight is 494 g/mol. The molecule has 0 aromatic rings. The summed E-state index contributed by atoms with van der Waals surface area (Å²) in [6.07, 6.45) is 6.67. The van der Waals surface area contributed by atoms with E-state index >= 15 is 0 Å². The largest absolute Gasteiger partial charge is 0.393 e. The van der Waals surface area contributed by atoms with Crippen molar-refractivity contribution >= 4 is 35.8 Å². The number of nitrogens with one attached hydrogen (secondary N) is 2. The monoisotopic (exact) mass is 494 g/mol. The molecule has 2 rings (SSSR count). The van der Waals surface area contributed by atoms with E-state index in [0.717, 1.165) is 70.5 Å². The van der Waals surface area contributed by atoms with Crippen molar-refractivity contribution in [2.45, 2.75) is 77.9 Å². The van der Waals surface area contributed by atoms with Crippen molar-refractivity contribution in [2.24, 2.45) is 16.8 Å². The van der Waals surface area contributed by atoms with Crippen LogP contribution >= 0.6 is 24.0 Å². The number of nitrogens with zero attached hydrogens (tertiary/aromatic N) is 2. The van der Waals surface area contributed by atoms with Crippen LogP contribution in [0.1, 0.15) is 65.7 Å². The fourth-order valence-electron chi connectivity index (χ4n) is 4.09. The molecular weight excluding hydrogens is 455 g/mol. The number of guanidine groups is 1. The van der Waals surface area contributed by atoms with Gasteiger partial charge < -0.3 is 20.6 Å². The van der Waals surface area contributed by atoms with Crippen LogP contribution in [0.4, 0.5) is 0 Å². The molecule has 1 amide bonds. The molecule has 1 aliphatic carbocycles. The molecule has 3 N–H and O–H groups in total. The molecule has 0 bridgehead atoms. The zero-order valence-electron chi connectivity index (χ0n) is 17.2. The van der Waals surface area contributed by atoms with Crippen molar-refractivity contribution in [1.29, 1.82) is 0 Å². The summed E-state index contributed by atoms with van der Waals surface area (Å²) < 4.78 is 0. The number of hydrogen-bond donors (Lipinski definition) is 3. The van der Waals surface area contributed by atoms with E-state index in [1.165, 1.54) is 0 Å². The van der Waals surface area contributed by atoms with Crippen LogP contribution in [0, 0.1) is 11.8 Å². The van der Waals surface area contributed by atoms with Crippen molar-refractivity contribution in [1.82, 2.24) is 15.5 Å². The summed E-state index contributed by atoms with van der Waals surface area (Å²) in [4.78, 5) is 19.3. The van der Waals surface area contributed by atoms with Gasteiger partial charge in [0.2, 0.25) is 5.91 Å². The van der Waals surface area contributed by atoms with Crippen LogP contribution in [0.2, 0.25) is 0 Å². The second-order valence-electron chi connectivity index (χ2n) is 7.74. The van der Waals surface area contributed by atoms with Crippen molar-refractivity contribution in [2.75, 3.05) is 26.2 Å². The third-order valence-corrected chi connectivity index (χ3v) is 5.93. The highest BCUT2D eigenvalue weighted by atomic mass is 127. The van der Waals surface area contributed by atoms with Crippen LogP contribution in [0.5, 0.6) is 0 Å². The van der Waals surface area contributed by atoms with Crippen molar-refractivity contribution in [3.05, 3.63) is 0 Å². The number of likely N-dealkylation sites (tertiary alicyclic amines) is 1. The maximum atomic E-state index is 12.5. The number of aliphatic hydroxyl groups is 1. The topological polar surface area (TPSA) is 77.0 Å². The summed E-state index contributed by atoms with van der Waals surface area (Å²) in [5.41, 5.74) is 0. The first kappa shape index (κ1) is 24.5. The third-order valence-electron chi connectivity index (χ3n) is 5.93. The maximum Gasteiger partial charge on any atom is 0.225 e. The molecule has 2 unspecified atom stereocenters. The number of aliphatic imine (C=N–C) groups is 1. The molecule has 2 aliphatic rings. The average Bonchev–Trinajstić information content (AvgIpc) is 3.06. The molecule has 2 fully saturated rings. The van der Waals surface area contributed by atoms with Gasteiger partial charge in [-0.3, -0.25) is 9.79 Å². The highest BCUT2D eigenvalue weighted by molar-refractivity contribution is 14.0. The summed E-state index contributed by atoms with van der Waals surface area (Å²) in [7, 11) is 0. The molecule has 158 valence electrons. The Balaban J connectivity index is 0.00000364. The van der Waals surface area contributed by atoms with Gasteiger partial charge in [0, 0.05) is 44.1 Å². The Hall–Kier alpha value is -0.570. The summed E-state index contributed by atoms with van der Waals surface area (Å²) in [5, 5.41) is 16.8. The lowest BCUT2D eigenvalue weighted by Crippen LogP contribution is -2.50. The Morgan fingerprint density at radius 1 is 1.15 bits per heavy atom. The predicted molar refractivity (Wildman–Crippen MR) is 122 cm³/mol. The summed E-state index contributed by atoms with van der Waals surface area (Å²) in [5.74, 6) is 1.64. The van der Waals surface area contributed by atoms with E-state index in [1.54, 1.807) is 0 Å². The van der Waals surface area contributed by atoms with Crippen molar-refractivity contribution in [3.8, 4) is 0 Å². The van der Waals surface area contributed by atoms with E-state index < -0.39 is 0 Å². The minimum Gasteiger partial charge on any atom is -0.393 e. The van der Waals surface area contributed by atoms with Gasteiger partial charge in [0.15, 0.2) is 5.96 Å². The highest BCUT2D eigenvalue weighted by Crippen LogP contribution is 2.25. The van der Waals surface area contributed by atoms with Gasteiger partial charge in [0.05, 0.1) is 6.10 Å². The second-order valence-corrected chi connectivity index (χ2v) is 7.74. The van der Waals surface area contributed by atoms with Crippen molar-refractivity contribution in [3.63, 3.8) is 0 Å². The number of amides is 1. The maximum absolute atomic E-state index is 12.5. The molecule has 0 aromatic carbocycles. The van der Waals surface area contributed by atoms with E-state index in [4.69, 9.17) is 4.99 Å². The second kappa shape index (κ2) is 12.8. The van der Waals surface area contributed by atoms with Crippen LogP contribution in [-0.4, -0.2) is 60.2 Å². The number of halogens is 1.